The average Bonchev–Trinajstić information content (AvgIpc) is 2.79. The zero-order valence-electron chi connectivity index (χ0n) is 13.2. The highest BCUT2D eigenvalue weighted by molar-refractivity contribution is 6.49. The second-order valence-electron chi connectivity index (χ2n) is 5.60. The van der Waals surface area contributed by atoms with Crippen molar-refractivity contribution < 1.29 is 9.53 Å². The molecule has 0 aliphatic heterocycles. The van der Waals surface area contributed by atoms with Crippen molar-refractivity contribution >= 4 is 40.6 Å². The molecule has 0 spiro atoms. The number of ether oxygens (including phenoxy) is 1. The van der Waals surface area contributed by atoms with Crippen LogP contribution in [0.5, 0.6) is 5.75 Å². The van der Waals surface area contributed by atoms with E-state index in [1.54, 1.807) is 7.11 Å². The minimum absolute atomic E-state index is 0.120. The first-order valence-electron chi connectivity index (χ1n) is 7.27. The van der Waals surface area contributed by atoms with Crippen LogP contribution in [0.15, 0.2) is 18.2 Å². The number of hydrogen-bond acceptors (Lipinski definition) is 2. The molecule has 1 aromatic heterocycles. The summed E-state index contributed by atoms with van der Waals surface area (Å²) in [7, 11) is 1.66. The van der Waals surface area contributed by atoms with E-state index in [1.165, 1.54) is 0 Å². The minimum atomic E-state index is -0.120. The summed E-state index contributed by atoms with van der Waals surface area (Å²) < 4.78 is 5.37. The van der Waals surface area contributed by atoms with Crippen LogP contribution in [0.25, 0.3) is 0 Å². The fourth-order valence-electron chi connectivity index (χ4n) is 2.39. The summed E-state index contributed by atoms with van der Waals surface area (Å²) in [6, 6.07) is 5.98. The standard InChI is InChI=1S/C17H18Cl3NO2/c1-9(2)11-8-10(5-7-13(11)23-3)4-6-12(22)16-14(18)15(19)17(20)21-16/h5,7-9,21H,4,6H2,1-3H3. The third kappa shape index (κ3) is 4.03. The summed E-state index contributed by atoms with van der Waals surface area (Å²) in [5.41, 5.74) is 2.46. The summed E-state index contributed by atoms with van der Waals surface area (Å²) in [5, 5.41) is 0.550. The quantitative estimate of drug-likeness (QED) is 0.637. The molecule has 0 radical (unpaired) electrons. The lowest BCUT2D eigenvalue weighted by Crippen LogP contribution is -2.03. The molecule has 3 nitrogen and oxygen atoms in total. The normalized spacial score (nSPS) is 11.1. The first-order chi connectivity index (χ1) is 10.8. The summed E-state index contributed by atoms with van der Waals surface area (Å²) in [5.74, 6) is 1.09. The second-order valence-corrected chi connectivity index (χ2v) is 6.73. The lowest BCUT2D eigenvalue weighted by molar-refractivity contribution is 0.0979. The average molecular weight is 375 g/mol. The Morgan fingerprint density at radius 1 is 1.22 bits per heavy atom. The van der Waals surface area contributed by atoms with Gasteiger partial charge >= 0.3 is 0 Å². The molecule has 0 saturated carbocycles. The highest BCUT2D eigenvalue weighted by Crippen LogP contribution is 2.33. The zero-order chi connectivity index (χ0) is 17.1. The van der Waals surface area contributed by atoms with E-state index in [0.29, 0.717) is 18.8 Å². The number of methoxy groups -OCH3 is 1. The number of halogens is 3. The van der Waals surface area contributed by atoms with Crippen LogP contribution >= 0.6 is 34.8 Å². The Bertz CT molecular complexity index is 723. The van der Waals surface area contributed by atoms with Gasteiger partial charge < -0.3 is 9.72 Å². The Balaban J connectivity index is 2.13. The summed E-state index contributed by atoms with van der Waals surface area (Å²) in [6.07, 6.45) is 0.921. The maximum absolute atomic E-state index is 12.3. The fraction of sp³-hybridized carbons (Fsp3) is 0.353. The van der Waals surface area contributed by atoms with E-state index in [-0.39, 0.29) is 26.7 Å². The number of carbonyl (C=O) groups excluding carboxylic acids is 1. The first kappa shape index (κ1) is 18.2. The molecule has 0 bridgehead atoms. The topological polar surface area (TPSA) is 42.1 Å². The highest BCUT2D eigenvalue weighted by Gasteiger charge is 2.19. The van der Waals surface area contributed by atoms with Crippen molar-refractivity contribution in [2.24, 2.45) is 0 Å². The van der Waals surface area contributed by atoms with E-state index in [4.69, 9.17) is 39.5 Å². The monoisotopic (exact) mass is 373 g/mol. The van der Waals surface area contributed by atoms with Gasteiger partial charge in [-0.15, -0.1) is 0 Å². The van der Waals surface area contributed by atoms with Gasteiger partial charge in [0.25, 0.3) is 0 Å². The molecule has 0 fully saturated rings. The van der Waals surface area contributed by atoms with Gasteiger partial charge in [-0.25, -0.2) is 0 Å². The van der Waals surface area contributed by atoms with Gasteiger partial charge in [-0.2, -0.15) is 0 Å². The molecular weight excluding hydrogens is 357 g/mol. The zero-order valence-corrected chi connectivity index (χ0v) is 15.4. The van der Waals surface area contributed by atoms with Gasteiger partial charge in [-0.05, 0) is 29.5 Å². The van der Waals surface area contributed by atoms with Gasteiger partial charge in [-0.3, -0.25) is 4.79 Å². The SMILES string of the molecule is COc1ccc(CCC(=O)c2[nH]c(Cl)c(Cl)c2Cl)cc1C(C)C. The molecule has 124 valence electrons. The lowest BCUT2D eigenvalue weighted by Gasteiger charge is -2.13. The fourth-order valence-corrected chi connectivity index (χ4v) is 3.02. The maximum atomic E-state index is 12.3. The molecule has 1 heterocycles. The van der Waals surface area contributed by atoms with Gasteiger partial charge in [0.05, 0.1) is 17.2 Å². The van der Waals surface area contributed by atoms with Crippen LogP contribution < -0.4 is 4.74 Å². The molecule has 0 amide bonds. The van der Waals surface area contributed by atoms with Gasteiger partial charge in [-0.1, -0.05) is 60.8 Å². The molecule has 23 heavy (non-hydrogen) atoms. The number of Topliss-reactive ketones (excluding diaryl/α,β-unsaturated/α-hetero) is 1. The second kappa shape index (κ2) is 7.61. The predicted molar refractivity (Wildman–Crippen MR) is 95.6 cm³/mol. The molecule has 1 N–H and O–H groups in total. The van der Waals surface area contributed by atoms with Gasteiger partial charge in [0, 0.05) is 6.42 Å². The van der Waals surface area contributed by atoms with Gasteiger partial charge in [0.2, 0.25) is 0 Å². The number of rotatable bonds is 6. The van der Waals surface area contributed by atoms with E-state index in [0.717, 1.165) is 16.9 Å². The van der Waals surface area contributed by atoms with Crippen LogP contribution in [0.4, 0.5) is 0 Å². The molecular formula is C17H18Cl3NO2. The van der Waals surface area contributed by atoms with Crippen LogP contribution in [0.3, 0.4) is 0 Å². The van der Waals surface area contributed by atoms with Crippen LogP contribution in [0, 0.1) is 0 Å². The molecule has 2 rings (SSSR count). The summed E-state index contributed by atoms with van der Waals surface area (Å²) in [6.45, 7) is 4.21. The Labute approximate surface area is 150 Å². The Morgan fingerprint density at radius 3 is 2.43 bits per heavy atom. The molecule has 0 saturated heterocycles. The summed E-state index contributed by atoms with van der Waals surface area (Å²) in [4.78, 5) is 15.0. The highest BCUT2D eigenvalue weighted by atomic mass is 35.5. The van der Waals surface area contributed by atoms with Gasteiger partial charge in [0.1, 0.15) is 16.6 Å². The number of ketones is 1. The van der Waals surface area contributed by atoms with Crippen LogP contribution in [-0.2, 0) is 6.42 Å². The number of aromatic amines is 1. The number of carbonyl (C=O) groups is 1. The van der Waals surface area contributed by atoms with Crippen molar-refractivity contribution in [1.29, 1.82) is 0 Å². The van der Waals surface area contributed by atoms with Gasteiger partial charge in [0.15, 0.2) is 5.78 Å². The third-order valence-corrected chi connectivity index (χ3v) is 4.91. The first-order valence-corrected chi connectivity index (χ1v) is 8.41. The van der Waals surface area contributed by atoms with E-state index >= 15 is 0 Å². The van der Waals surface area contributed by atoms with Crippen LogP contribution in [0.1, 0.15) is 47.8 Å². The Morgan fingerprint density at radius 2 is 1.91 bits per heavy atom. The van der Waals surface area contributed by atoms with Crippen LogP contribution in [-0.4, -0.2) is 17.9 Å². The molecule has 1 aromatic carbocycles. The Hall–Kier alpha value is -1.16. The maximum Gasteiger partial charge on any atom is 0.180 e. The number of aryl methyl sites for hydroxylation is 1. The van der Waals surface area contributed by atoms with E-state index in [2.05, 4.69) is 24.9 Å². The number of H-pyrrole nitrogens is 1. The summed E-state index contributed by atoms with van der Waals surface area (Å²) >= 11 is 17.7. The Kier molecular flexibility index (Phi) is 6.01. The molecule has 0 aliphatic rings. The molecule has 6 heteroatoms. The van der Waals surface area contributed by atoms with E-state index in [9.17, 15) is 4.79 Å². The molecule has 2 aromatic rings. The predicted octanol–water partition coefficient (Wildman–Crippen LogP) is 5.92. The number of aromatic nitrogens is 1. The minimum Gasteiger partial charge on any atom is -0.496 e. The molecule has 0 unspecified atom stereocenters. The van der Waals surface area contributed by atoms with Crippen molar-refractivity contribution in [2.45, 2.75) is 32.6 Å². The number of benzene rings is 1. The van der Waals surface area contributed by atoms with Crippen molar-refractivity contribution in [1.82, 2.24) is 4.98 Å². The smallest absolute Gasteiger partial charge is 0.180 e. The van der Waals surface area contributed by atoms with Crippen molar-refractivity contribution in [2.75, 3.05) is 7.11 Å². The largest absolute Gasteiger partial charge is 0.496 e. The molecule has 0 aliphatic carbocycles. The molecule has 0 atom stereocenters. The van der Waals surface area contributed by atoms with Crippen molar-refractivity contribution in [3.8, 4) is 5.75 Å². The lowest BCUT2D eigenvalue weighted by atomic mass is 9.97. The van der Waals surface area contributed by atoms with Crippen molar-refractivity contribution in [3.05, 3.63) is 50.2 Å². The van der Waals surface area contributed by atoms with Crippen molar-refractivity contribution in [3.63, 3.8) is 0 Å². The number of nitrogens with one attached hydrogen (secondary N) is 1. The van der Waals surface area contributed by atoms with Crippen LogP contribution in [0.2, 0.25) is 15.2 Å². The number of hydrogen-bond donors (Lipinski definition) is 1. The van der Waals surface area contributed by atoms with E-state index < -0.39 is 0 Å². The van der Waals surface area contributed by atoms with E-state index in [1.807, 2.05) is 12.1 Å². The third-order valence-electron chi connectivity index (χ3n) is 3.68.